The van der Waals surface area contributed by atoms with Crippen LogP contribution in [0.25, 0.3) is 21.8 Å². The molecular formula is C16H17N2O4P. The minimum Gasteiger partial charge on any atom is -0.361 e. The molecule has 2 aromatic heterocycles. The lowest BCUT2D eigenvalue weighted by Gasteiger charge is -1.83. The number of H-pyrrole nitrogens is 2. The van der Waals surface area contributed by atoms with E-state index < -0.39 is 7.82 Å². The lowest BCUT2D eigenvalue weighted by molar-refractivity contribution is 0.275. The fraction of sp³-hybridized carbons (Fsp3) is 0. The van der Waals surface area contributed by atoms with Crippen molar-refractivity contribution in [3.05, 3.63) is 73.1 Å². The number of para-hydroxylation sites is 2. The summed E-state index contributed by atoms with van der Waals surface area (Å²) < 4.78 is 8.88. The van der Waals surface area contributed by atoms with Crippen molar-refractivity contribution in [2.75, 3.05) is 0 Å². The maximum atomic E-state index is 8.88. The largest absolute Gasteiger partial charge is 0.466 e. The molecule has 2 heterocycles. The van der Waals surface area contributed by atoms with Crippen LogP contribution in [-0.4, -0.2) is 24.6 Å². The molecule has 0 bridgehead atoms. The van der Waals surface area contributed by atoms with Crippen LogP contribution in [0.2, 0.25) is 0 Å². The minimum absolute atomic E-state index is 1.21. The number of fused-ring (bicyclic) bond motifs is 2. The molecule has 120 valence electrons. The summed E-state index contributed by atoms with van der Waals surface area (Å²) in [5.74, 6) is 0. The fourth-order valence-electron chi connectivity index (χ4n) is 1.99. The molecule has 0 unspecified atom stereocenters. The fourth-order valence-corrected chi connectivity index (χ4v) is 1.99. The van der Waals surface area contributed by atoms with Crippen LogP contribution in [0, 0.1) is 0 Å². The summed E-state index contributed by atoms with van der Waals surface area (Å²) in [5, 5.41) is 2.55. The number of phosphoric acid groups is 1. The van der Waals surface area contributed by atoms with Crippen LogP contribution in [0.5, 0.6) is 0 Å². The van der Waals surface area contributed by atoms with Gasteiger partial charge in [-0.3, -0.25) is 0 Å². The molecule has 0 aliphatic heterocycles. The first-order valence-electron chi connectivity index (χ1n) is 6.76. The van der Waals surface area contributed by atoms with Gasteiger partial charge in [-0.05, 0) is 35.0 Å². The monoisotopic (exact) mass is 332 g/mol. The second kappa shape index (κ2) is 7.76. The predicted octanol–water partition coefficient (Wildman–Crippen LogP) is 3.41. The van der Waals surface area contributed by atoms with Crippen molar-refractivity contribution in [3.63, 3.8) is 0 Å². The summed E-state index contributed by atoms with van der Waals surface area (Å²) in [6.07, 6.45) is 3.90. The Morgan fingerprint density at radius 1 is 0.652 bits per heavy atom. The summed E-state index contributed by atoms with van der Waals surface area (Å²) >= 11 is 0. The van der Waals surface area contributed by atoms with Crippen LogP contribution < -0.4 is 0 Å². The van der Waals surface area contributed by atoms with Crippen LogP contribution in [0.3, 0.4) is 0 Å². The third-order valence-corrected chi connectivity index (χ3v) is 2.93. The topological polar surface area (TPSA) is 109 Å². The van der Waals surface area contributed by atoms with E-state index >= 15 is 0 Å². The SMILES string of the molecule is O=P(O)(O)O.c1ccc2[nH]ccc2c1.c1ccc2[nH]ccc2c1. The third-order valence-electron chi connectivity index (χ3n) is 2.93. The molecule has 0 saturated carbocycles. The number of rotatable bonds is 0. The number of nitrogens with one attached hydrogen (secondary N) is 2. The third kappa shape index (κ3) is 6.10. The van der Waals surface area contributed by atoms with Crippen LogP contribution in [0.15, 0.2) is 73.1 Å². The van der Waals surface area contributed by atoms with Crippen molar-refractivity contribution < 1.29 is 19.2 Å². The van der Waals surface area contributed by atoms with E-state index in [4.69, 9.17) is 19.2 Å². The first kappa shape index (κ1) is 17.0. The second-order valence-electron chi connectivity index (χ2n) is 4.64. The molecule has 7 heteroatoms. The molecule has 0 aliphatic carbocycles. The number of hydrogen-bond donors (Lipinski definition) is 5. The maximum Gasteiger partial charge on any atom is 0.466 e. The summed E-state index contributed by atoms with van der Waals surface area (Å²) in [6, 6.07) is 20.6. The Bertz CT molecular complexity index is 776. The molecule has 0 aliphatic rings. The molecule has 5 N–H and O–H groups in total. The maximum absolute atomic E-state index is 8.88. The van der Waals surface area contributed by atoms with Crippen LogP contribution in [-0.2, 0) is 4.57 Å². The summed E-state index contributed by atoms with van der Waals surface area (Å²) in [7, 11) is -4.64. The van der Waals surface area contributed by atoms with Crippen molar-refractivity contribution >= 4 is 29.6 Å². The Morgan fingerprint density at radius 3 is 1.35 bits per heavy atom. The highest BCUT2D eigenvalue weighted by Crippen LogP contribution is 2.25. The Labute approximate surface area is 132 Å². The van der Waals surface area contributed by atoms with E-state index in [1.165, 1.54) is 21.8 Å². The van der Waals surface area contributed by atoms with Gasteiger partial charge in [-0.1, -0.05) is 36.4 Å². The Kier molecular flexibility index (Phi) is 5.73. The molecule has 0 atom stereocenters. The van der Waals surface area contributed by atoms with Gasteiger partial charge in [0.1, 0.15) is 0 Å². The van der Waals surface area contributed by atoms with Crippen molar-refractivity contribution in [1.29, 1.82) is 0 Å². The molecular weight excluding hydrogens is 315 g/mol. The summed E-state index contributed by atoms with van der Waals surface area (Å²) in [4.78, 5) is 27.8. The predicted molar refractivity (Wildman–Crippen MR) is 90.9 cm³/mol. The van der Waals surface area contributed by atoms with E-state index in [0.717, 1.165) is 0 Å². The van der Waals surface area contributed by atoms with Crippen molar-refractivity contribution in [2.45, 2.75) is 0 Å². The van der Waals surface area contributed by atoms with Gasteiger partial charge in [0.15, 0.2) is 0 Å². The van der Waals surface area contributed by atoms with Crippen molar-refractivity contribution in [2.24, 2.45) is 0 Å². The Balaban J connectivity index is 0.000000132. The molecule has 2 aromatic carbocycles. The zero-order chi connectivity index (χ0) is 16.7. The summed E-state index contributed by atoms with van der Waals surface area (Å²) in [5.41, 5.74) is 2.41. The lowest BCUT2D eigenvalue weighted by Crippen LogP contribution is -1.66. The van der Waals surface area contributed by atoms with E-state index in [0.29, 0.717) is 0 Å². The second-order valence-corrected chi connectivity index (χ2v) is 5.67. The molecule has 23 heavy (non-hydrogen) atoms. The number of benzene rings is 2. The number of aromatic amines is 2. The van der Waals surface area contributed by atoms with Gasteiger partial charge in [0.2, 0.25) is 0 Å². The van der Waals surface area contributed by atoms with E-state index in [1.807, 2.05) is 36.7 Å². The van der Waals surface area contributed by atoms with Gasteiger partial charge in [0.05, 0.1) is 0 Å². The van der Waals surface area contributed by atoms with Gasteiger partial charge >= 0.3 is 7.82 Å². The molecule has 0 fully saturated rings. The smallest absolute Gasteiger partial charge is 0.361 e. The average Bonchev–Trinajstić information content (AvgIpc) is 3.15. The van der Waals surface area contributed by atoms with Gasteiger partial charge in [-0.15, -0.1) is 0 Å². The molecule has 0 amide bonds. The van der Waals surface area contributed by atoms with Gasteiger partial charge in [0, 0.05) is 23.4 Å². The average molecular weight is 332 g/mol. The van der Waals surface area contributed by atoms with Crippen LogP contribution in [0.1, 0.15) is 0 Å². The van der Waals surface area contributed by atoms with E-state index in [1.54, 1.807) is 0 Å². The zero-order valence-corrected chi connectivity index (χ0v) is 13.0. The van der Waals surface area contributed by atoms with Crippen LogP contribution >= 0.6 is 7.82 Å². The van der Waals surface area contributed by atoms with Crippen molar-refractivity contribution in [1.82, 2.24) is 9.97 Å². The molecule has 4 rings (SSSR count). The number of aromatic nitrogens is 2. The number of hydrogen-bond acceptors (Lipinski definition) is 1. The van der Waals surface area contributed by atoms with E-state index in [-0.39, 0.29) is 0 Å². The van der Waals surface area contributed by atoms with Crippen molar-refractivity contribution in [3.8, 4) is 0 Å². The molecule has 0 saturated heterocycles. The van der Waals surface area contributed by atoms with Crippen LogP contribution in [0.4, 0.5) is 0 Å². The normalized spacial score (nSPS) is 10.6. The highest BCUT2D eigenvalue weighted by Gasteiger charge is 2.00. The van der Waals surface area contributed by atoms with Gasteiger partial charge in [-0.2, -0.15) is 0 Å². The minimum atomic E-state index is -4.64. The quantitative estimate of drug-likeness (QED) is 0.318. The first-order chi connectivity index (χ1) is 10.9. The molecule has 0 radical (unpaired) electrons. The molecule has 0 spiro atoms. The lowest BCUT2D eigenvalue weighted by atomic mass is 10.3. The molecule has 6 nitrogen and oxygen atoms in total. The Hall–Kier alpha value is -2.37. The zero-order valence-electron chi connectivity index (χ0n) is 12.1. The van der Waals surface area contributed by atoms with Gasteiger partial charge < -0.3 is 24.6 Å². The van der Waals surface area contributed by atoms with E-state index in [9.17, 15) is 0 Å². The standard InChI is InChI=1S/2C8H7N.H3O4P/c2*1-2-4-8-7(3-1)5-6-9-8;1-5(2,3)4/h2*1-6,9H;(H3,1,2,3,4). The highest BCUT2D eigenvalue weighted by molar-refractivity contribution is 7.45. The summed E-state index contributed by atoms with van der Waals surface area (Å²) in [6.45, 7) is 0. The van der Waals surface area contributed by atoms with Gasteiger partial charge in [0.25, 0.3) is 0 Å². The Morgan fingerprint density at radius 2 is 1.00 bits per heavy atom. The first-order valence-corrected chi connectivity index (χ1v) is 8.32. The van der Waals surface area contributed by atoms with Gasteiger partial charge in [-0.25, -0.2) is 4.57 Å². The highest BCUT2D eigenvalue weighted by atomic mass is 31.2. The van der Waals surface area contributed by atoms with E-state index in [2.05, 4.69) is 46.4 Å². The molecule has 4 aromatic rings.